The topological polar surface area (TPSA) is 95.9 Å². The summed E-state index contributed by atoms with van der Waals surface area (Å²) in [5.74, 6) is -0.588. The fraction of sp³-hybridized carbons (Fsp3) is 0.769. The summed E-state index contributed by atoms with van der Waals surface area (Å²) in [6.07, 6.45) is 55.8. The second-order valence-corrected chi connectivity index (χ2v) is 16.5. The molecule has 3 unspecified atom stereocenters. The fourth-order valence-corrected chi connectivity index (χ4v) is 7.04. The second kappa shape index (κ2) is 45.6. The first kappa shape index (κ1) is 55.6. The van der Waals surface area contributed by atoms with Crippen LogP contribution in [0.25, 0.3) is 0 Å². The number of esters is 1. The number of ether oxygens (including phenoxy) is 1. The number of aliphatic hydroxyl groups is 2. The van der Waals surface area contributed by atoms with Crippen LogP contribution in [0.2, 0.25) is 0 Å². The summed E-state index contributed by atoms with van der Waals surface area (Å²) < 4.78 is 5.84. The first-order valence-corrected chi connectivity index (χ1v) is 24.5. The Morgan fingerprint density at radius 2 is 0.931 bits per heavy atom. The molecule has 0 aliphatic rings. The summed E-state index contributed by atoms with van der Waals surface area (Å²) in [6.45, 7) is 6.38. The largest absolute Gasteiger partial charge is 0.461 e. The van der Waals surface area contributed by atoms with Crippen molar-refractivity contribution >= 4 is 11.9 Å². The molecular formula is C52H93NO5. The Morgan fingerprint density at radius 3 is 1.48 bits per heavy atom. The summed E-state index contributed by atoms with van der Waals surface area (Å²) in [5.41, 5.74) is 0. The van der Waals surface area contributed by atoms with E-state index in [1.807, 2.05) is 12.2 Å². The van der Waals surface area contributed by atoms with E-state index in [0.29, 0.717) is 19.3 Å². The van der Waals surface area contributed by atoms with Gasteiger partial charge in [-0.15, -0.1) is 0 Å². The molecule has 58 heavy (non-hydrogen) atoms. The molecule has 0 saturated heterocycles. The fourth-order valence-electron chi connectivity index (χ4n) is 7.04. The zero-order valence-electron chi connectivity index (χ0n) is 38.2. The number of carbonyl (C=O) groups excluding carboxylic acids is 2. The van der Waals surface area contributed by atoms with Crippen molar-refractivity contribution in [3.63, 3.8) is 0 Å². The van der Waals surface area contributed by atoms with E-state index in [4.69, 9.17) is 4.74 Å². The summed E-state index contributed by atoms with van der Waals surface area (Å²) in [7, 11) is 0. The van der Waals surface area contributed by atoms with Crippen LogP contribution in [-0.2, 0) is 14.3 Å². The van der Waals surface area contributed by atoms with E-state index < -0.39 is 18.2 Å². The third-order valence-corrected chi connectivity index (χ3v) is 10.8. The first-order valence-electron chi connectivity index (χ1n) is 24.5. The molecule has 6 nitrogen and oxygen atoms in total. The Balaban J connectivity index is 4.73. The minimum atomic E-state index is -0.812. The van der Waals surface area contributed by atoms with Gasteiger partial charge in [0, 0.05) is 12.8 Å². The van der Waals surface area contributed by atoms with Crippen LogP contribution in [0.3, 0.4) is 0 Å². The smallest absolute Gasteiger partial charge is 0.306 e. The predicted octanol–water partition coefficient (Wildman–Crippen LogP) is 14.5. The normalized spacial score (nSPS) is 13.8. The molecule has 0 fully saturated rings. The van der Waals surface area contributed by atoms with E-state index >= 15 is 0 Å². The van der Waals surface area contributed by atoms with Crippen molar-refractivity contribution < 1.29 is 24.5 Å². The molecule has 336 valence electrons. The molecule has 6 heteroatoms. The molecular weight excluding hydrogens is 719 g/mol. The third-order valence-electron chi connectivity index (χ3n) is 10.8. The van der Waals surface area contributed by atoms with Crippen molar-refractivity contribution in [1.29, 1.82) is 0 Å². The van der Waals surface area contributed by atoms with Crippen LogP contribution in [-0.4, -0.2) is 46.9 Å². The monoisotopic (exact) mass is 812 g/mol. The minimum absolute atomic E-state index is 0.00248. The minimum Gasteiger partial charge on any atom is -0.461 e. The molecule has 0 heterocycles. The lowest BCUT2D eigenvalue weighted by molar-refractivity contribution is -0.150. The molecule has 3 N–H and O–H groups in total. The number of nitrogens with one attached hydrogen (secondary N) is 1. The maximum Gasteiger partial charge on any atom is 0.306 e. The van der Waals surface area contributed by atoms with Gasteiger partial charge in [-0.25, -0.2) is 0 Å². The Morgan fingerprint density at radius 1 is 0.517 bits per heavy atom. The number of amides is 1. The van der Waals surface area contributed by atoms with Crippen molar-refractivity contribution in [2.24, 2.45) is 0 Å². The van der Waals surface area contributed by atoms with Gasteiger partial charge < -0.3 is 20.3 Å². The highest BCUT2D eigenvalue weighted by Crippen LogP contribution is 2.16. The van der Waals surface area contributed by atoms with Crippen LogP contribution in [0.1, 0.15) is 233 Å². The average Bonchev–Trinajstić information content (AvgIpc) is 3.22. The van der Waals surface area contributed by atoms with Crippen molar-refractivity contribution in [2.75, 3.05) is 6.61 Å². The lowest BCUT2D eigenvalue weighted by Gasteiger charge is -2.24. The maximum absolute atomic E-state index is 13.1. The number of hydrogen-bond acceptors (Lipinski definition) is 5. The molecule has 1 amide bonds. The van der Waals surface area contributed by atoms with Gasteiger partial charge in [0.15, 0.2) is 0 Å². The van der Waals surface area contributed by atoms with Crippen molar-refractivity contribution in [1.82, 2.24) is 5.32 Å². The number of allylic oxidation sites excluding steroid dienone is 9. The Labute approximate surface area is 358 Å². The highest BCUT2D eigenvalue weighted by atomic mass is 16.5. The summed E-state index contributed by atoms with van der Waals surface area (Å²) >= 11 is 0. The van der Waals surface area contributed by atoms with Gasteiger partial charge in [-0.05, 0) is 64.2 Å². The molecule has 0 bridgehead atoms. The van der Waals surface area contributed by atoms with Gasteiger partial charge in [-0.3, -0.25) is 9.59 Å². The second-order valence-electron chi connectivity index (χ2n) is 16.5. The third kappa shape index (κ3) is 40.3. The maximum atomic E-state index is 13.1. The van der Waals surface area contributed by atoms with Gasteiger partial charge >= 0.3 is 5.97 Å². The molecule has 0 aliphatic carbocycles. The molecule has 0 aliphatic heterocycles. The zero-order chi connectivity index (χ0) is 42.4. The van der Waals surface area contributed by atoms with Crippen LogP contribution < -0.4 is 5.32 Å². The zero-order valence-corrected chi connectivity index (χ0v) is 38.2. The van der Waals surface area contributed by atoms with Gasteiger partial charge in [0.2, 0.25) is 5.91 Å². The van der Waals surface area contributed by atoms with Crippen molar-refractivity contribution in [3.05, 3.63) is 60.8 Å². The number of carbonyl (C=O) groups is 2. The first-order chi connectivity index (χ1) is 28.5. The average molecular weight is 812 g/mol. The number of aliphatic hydroxyl groups excluding tert-OH is 2. The molecule has 0 radical (unpaired) electrons. The number of unbranched alkanes of at least 4 members (excludes halogenated alkanes) is 22. The summed E-state index contributed by atoms with van der Waals surface area (Å²) in [4.78, 5) is 26.0. The van der Waals surface area contributed by atoms with Gasteiger partial charge in [-0.1, -0.05) is 210 Å². The van der Waals surface area contributed by atoms with Crippen LogP contribution in [0, 0.1) is 0 Å². The Hall–Kier alpha value is -2.44. The summed E-state index contributed by atoms with van der Waals surface area (Å²) in [6, 6.07) is -0.732. The standard InChI is InChI=1S/C52H93NO5/c1-4-7-10-13-16-19-22-24-25-27-29-31-34-37-40-43-48(58-52(57)45-42-39-36-33-28-21-18-15-12-9-6-3)46-51(56)53-49(47-54)50(55)44-41-38-35-32-30-26-23-20-17-14-11-8-5-2/h15-16,18-19,24-25,29,31,37,40,48-50,54-55H,4-14,17,20-23,26-28,30,32-36,38-39,41-47H2,1-3H3,(H,53,56)/b18-15-,19-16-,25-24-,31-29-,40-37-. The van der Waals surface area contributed by atoms with Crippen LogP contribution in [0.4, 0.5) is 0 Å². The van der Waals surface area contributed by atoms with Crippen LogP contribution in [0.5, 0.6) is 0 Å². The van der Waals surface area contributed by atoms with Gasteiger partial charge in [0.1, 0.15) is 6.10 Å². The summed E-state index contributed by atoms with van der Waals surface area (Å²) in [5, 5.41) is 23.7. The molecule has 0 aromatic rings. The predicted molar refractivity (Wildman–Crippen MR) is 250 cm³/mol. The van der Waals surface area contributed by atoms with Gasteiger partial charge in [0.25, 0.3) is 0 Å². The lowest BCUT2D eigenvalue weighted by Crippen LogP contribution is -2.46. The SMILES string of the molecule is CCCC/C=C\CCCCCCCC(=O)OC(C/C=C\C/C=C\C/C=C\C/C=C\CCCCC)CC(=O)NC(CO)C(O)CCCCCCCCCCCCCCC. The van der Waals surface area contributed by atoms with Gasteiger partial charge in [-0.2, -0.15) is 0 Å². The molecule has 0 aromatic heterocycles. The number of hydrogen-bond donors (Lipinski definition) is 3. The van der Waals surface area contributed by atoms with Crippen molar-refractivity contribution in [2.45, 2.75) is 251 Å². The van der Waals surface area contributed by atoms with E-state index in [-0.39, 0.29) is 24.9 Å². The number of rotatable bonds is 43. The van der Waals surface area contributed by atoms with E-state index in [1.165, 1.54) is 122 Å². The van der Waals surface area contributed by atoms with Crippen LogP contribution in [0.15, 0.2) is 60.8 Å². The highest BCUT2D eigenvalue weighted by Gasteiger charge is 2.23. The van der Waals surface area contributed by atoms with E-state index in [1.54, 1.807) is 0 Å². The highest BCUT2D eigenvalue weighted by molar-refractivity contribution is 5.77. The molecule has 0 aromatic carbocycles. The van der Waals surface area contributed by atoms with Gasteiger partial charge in [0.05, 0.1) is 25.2 Å². The Bertz CT molecular complexity index is 1050. The molecule has 0 rings (SSSR count). The van der Waals surface area contributed by atoms with Crippen molar-refractivity contribution in [3.8, 4) is 0 Å². The van der Waals surface area contributed by atoms with E-state index in [0.717, 1.165) is 64.2 Å². The Kier molecular flexibility index (Phi) is 43.7. The van der Waals surface area contributed by atoms with E-state index in [9.17, 15) is 19.8 Å². The molecule has 0 spiro atoms. The quantitative estimate of drug-likeness (QED) is 0.0324. The lowest BCUT2D eigenvalue weighted by atomic mass is 10.0. The molecule has 0 saturated carbocycles. The molecule has 3 atom stereocenters. The van der Waals surface area contributed by atoms with Crippen LogP contribution >= 0.6 is 0 Å². The van der Waals surface area contributed by atoms with E-state index in [2.05, 4.69) is 74.7 Å².